The first-order valence-electron chi connectivity index (χ1n) is 5.40. The third-order valence-corrected chi connectivity index (χ3v) is 2.65. The highest BCUT2D eigenvalue weighted by atomic mass is 16.5. The number of hydrogen-bond donors (Lipinski definition) is 1. The third-order valence-electron chi connectivity index (χ3n) is 2.65. The van der Waals surface area contributed by atoms with Gasteiger partial charge in [0, 0.05) is 0 Å². The summed E-state index contributed by atoms with van der Waals surface area (Å²) in [6, 6.07) is 6.19. The lowest BCUT2D eigenvalue weighted by Gasteiger charge is -2.10. The highest BCUT2D eigenvalue weighted by Crippen LogP contribution is 2.28. The summed E-state index contributed by atoms with van der Waals surface area (Å²) in [4.78, 5) is 4.18. The second-order valence-corrected chi connectivity index (χ2v) is 3.83. The minimum atomic E-state index is 0.0908. The van der Waals surface area contributed by atoms with Crippen LogP contribution in [0, 0.1) is 0 Å². The van der Waals surface area contributed by atoms with Crippen molar-refractivity contribution in [1.82, 2.24) is 0 Å². The number of hydrogen-bond acceptors (Lipinski definition) is 5. The standard InChI is InChI=1S/C12H16N2O3/c1-15-10-4-3-8(6-11(10)16-2)5-9-7-17-12(13)14-9/h3-4,6,9H,5,7H2,1-2H3,(H2,13,14)/t9-/m0/s1. The zero-order chi connectivity index (χ0) is 12.3. The molecule has 5 nitrogen and oxygen atoms in total. The van der Waals surface area contributed by atoms with E-state index in [1.54, 1.807) is 14.2 Å². The van der Waals surface area contributed by atoms with Gasteiger partial charge in [-0.3, -0.25) is 0 Å². The molecule has 92 valence electrons. The highest BCUT2D eigenvalue weighted by molar-refractivity contribution is 5.73. The number of methoxy groups -OCH3 is 2. The first-order chi connectivity index (χ1) is 8.22. The van der Waals surface area contributed by atoms with E-state index in [9.17, 15) is 0 Å². The van der Waals surface area contributed by atoms with E-state index in [-0.39, 0.29) is 12.1 Å². The summed E-state index contributed by atoms with van der Waals surface area (Å²) in [5, 5.41) is 0. The molecule has 1 aliphatic heterocycles. The summed E-state index contributed by atoms with van der Waals surface area (Å²) in [5.74, 6) is 1.45. The molecule has 1 aromatic rings. The largest absolute Gasteiger partial charge is 0.493 e. The molecule has 0 unspecified atom stereocenters. The van der Waals surface area contributed by atoms with Crippen LogP contribution >= 0.6 is 0 Å². The van der Waals surface area contributed by atoms with Crippen LogP contribution in [0.4, 0.5) is 0 Å². The zero-order valence-electron chi connectivity index (χ0n) is 9.97. The molecule has 17 heavy (non-hydrogen) atoms. The van der Waals surface area contributed by atoms with Gasteiger partial charge in [-0.05, 0) is 24.1 Å². The Morgan fingerprint density at radius 2 is 2.12 bits per heavy atom. The van der Waals surface area contributed by atoms with Crippen molar-refractivity contribution in [3.8, 4) is 11.5 Å². The van der Waals surface area contributed by atoms with Crippen molar-refractivity contribution in [2.75, 3.05) is 20.8 Å². The first-order valence-corrected chi connectivity index (χ1v) is 5.40. The molecule has 2 rings (SSSR count). The lowest BCUT2D eigenvalue weighted by atomic mass is 10.1. The molecule has 2 N–H and O–H groups in total. The molecule has 0 saturated heterocycles. The average Bonchev–Trinajstić information content (AvgIpc) is 2.74. The predicted octanol–water partition coefficient (Wildman–Crippen LogP) is 0.960. The van der Waals surface area contributed by atoms with Crippen molar-refractivity contribution in [1.29, 1.82) is 0 Å². The Hall–Kier alpha value is -1.91. The van der Waals surface area contributed by atoms with Gasteiger partial charge in [0.15, 0.2) is 11.5 Å². The van der Waals surface area contributed by atoms with Gasteiger partial charge in [0.05, 0.1) is 20.3 Å². The van der Waals surface area contributed by atoms with Gasteiger partial charge in [-0.1, -0.05) is 6.07 Å². The summed E-state index contributed by atoms with van der Waals surface area (Å²) in [6.45, 7) is 0.542. The minimum Gasteiger partial charge on any atom is -0.493 e. The van der Waals surface area contributed by atoms with E-state index in [2.05, 4.69) is 4.99 Å². The van der Waals surface area contributed by atoms with Gasteiger partial charge >= 0.3 is 0 Å². The maximum atomic E-state index is 5.46. The molecule has 1 heterocycles. The van der Waals surface area contributed by atoms with Gasteiger partial charge < -0.3 is 19.9 Å². The van der Waals surface area contributed by atoms with Gasteiger partial charge in [-0.15, -0.1) is 0 Å². The molecule has 0 aromatic heterocycles. The first kappa shape index (κ1) is 11.6. The number of nitrogens with two attached hydrogens (primary N) is 1. The van der Waals surface area contributed by atoms with E-state index in [1.165, 1.54) is 0 Å². The molecule has 0 saturated carbocycles. The Kier molecular flexibility index (Phi) is 3.37. The van der Waals surface area contributed by atoms with Crippen LogP contribution in [0.25, 0.3) is 0 Å². The topological polar surface area (TPSA) is 66.1 Å². The maximum Gasteiger partial charge on any atom is 0.282 e. The summed E-state index contributed by atoms with van der Waals surface area (Å²) in [6.07, 6.45) is 0.779. The van der Waals surface area contributed by atoms with Crippen molar-refractivity contribution in [2.45, 2.75) is 12.5 Å². The Balaban J connectivity index is 2.11. The molecule has 0 bridgehead atoms. The van der Waals surface area contributed by atoms with Gasteiger partial charge in [0.25, 0.3) is 6.02 Å². The van der Waals surface area contributed by atoms with Crippen molar-refractivity contribution >= 4 is 6.02 Å². The summed E-state index contributed by atoms with van der Waals surface area (Å²) in [7, 11) is 3.24. The van der Waals surface area contributed by atoms with E-state index >= 15 is 0 Å². The summed E-state index contributed by atoms with van der Waals surface area (Å²) in [5.41, 5.74) is 6.58. The monoisotopic (exact) mass is 236 g/mol. The zero-order valence-corrected chi connectivity index (χ0v) is 9.97. The molecule has 0 fully saturated rings. The van der Waals surface area contributed by atoms with Gasteiger partial charge in [-0.2, -0.15) is 0 Å². The predicted molar refractivity (Wildman–Crippen MR) is 64.6 cm³/mol. The quantitative estimate of drug-likeness (QED) is 0.845. The minimum absolute atomic E-state index is 0.0908. The highest BCUT2D eigenvalue weighted by Gasteiger charge is 2.17. The van der Waals surface area contributed by atoms with E-state index in [0.29, 0.717) is 6.61 Å². The number of amidine groups is 1. The SMILES string of the molecule is COc1ccc(C[C@H]2COC(N)=N2)cc1OC. The lowest BCUT2D eigenvalue weighted by molar-refractivity contribution is 0.312. The fourth-order valence-electron chi connectivity index (χ4n) is 1.82. The van der Waals surface area contributed by atoms with Crippen LogP contribution in [0.3, 0.4) is 0 Å². The summed E-state index contributed by atoms with van der Waals surface area (Å²) >= 11 is 0. The molecule has 0 radical (unpaired) electrons. The van der Waals surface area contributed by atoms with E-state index in [0.717, 1.165) is 23.5 Å². The number of ether oxygens (including phenoxy) is 3. The van der Waals surface area contributed by atoms with Gasteiger partial charge in [0.1, 0.15) is 6.61 Å². The van der Waals surface area contributed by atoms with Gasteiger partial charge in [0.2, 0.25) is 0 Å². The lowest BCUT2D eigenvalue weighted by Crippen LogP contribution is -2.11. The van der Waals surface area contributed by atoms with Crippen molar-refractivity contribution in [2.24, 2.45) is 10.7 Å². The van der Waals surface area contributed by atoms with Crippen LogP contribution in [0.1, 0.15) is 5.56 Å². The Morgan fingerprint density at radius 3 is 2.71 bits per heavy atom. The Bertz CT molecular complexity index is 432. The molecular weight excluding hydrogens is 220 g/mol. The number of nitrogens with zero attached hydrogens (tertiary/aromatic N) is 1. The fraction of sp³-hybridized carbons (Fsp3) is 0.417. The maximum absolute atomic E-state index is 5.46. The number of rotatable bonds is 4. The third kappa shape index (κ3) is 2.61. The number of aliphatic imine (C=N–C) groups is 1. The molecular formula is C12H16N2O3. The van der Waals surface area contributed by atoms with Crippen LogP contribution in [0.5, 0.6) is 11.5 Å². The molecule has 5 heteroatoms. The normalized spacial score (nSPS) is 18.5. The van der Waals surface area contributed by atoms with Crippen molar-refractivity contribution in [3.63, 3.8) is 0 Å². The van der Waals surface area contributed by atoms with Crippen LogP contribution in [0.2, 0.25) is 0 Å². The smallest absolute Gasteiger partial charge is 0.282 e. The molecule has 1 aromatic carbocycles. The van der Waals surface area contributed by atoms with Crippen LogP contribution in [0.15, 0.2) is 23.2 Å². The van der Waals surface area contributed by atoms with Crippen molar-refractivity contribution in [3.05, 3.63) is 23.8 Å². The van der Waals surface area contributed by atoms with Gasteiger partial charge in [-0.25, -0.2) is 4.99 Å². The van der Waals surface area contributed by atoms with Crippen LogP contribution in [-0.2, 0) is 11.2 Å². The second-order valence-electron chi connectivity index (χ2n) is 3.83. The molecule has 1 atom stereocenters. The molecule has 0 amide bonds. The molecule has 1 aliphatic rings. The van der Waals surface area contributed by atoms with Crippen LogP contribution < -0.4 is 15.2 Å². The number of benzene rings is 1. The fourth-order valence-corrected chi connectivity index (χ4v) is 1.82. The van der Waals surface area contributed by atoms with E-state index < -0.39 is 0 Å². The van der Waals surface area contributed by atoms with E-state index in [1.807, 2.05) is 18.2 Å². The van der Waals surface area contributed by atoms with Crippen LogP contribution in [-0.4, -0.2) is 32.9 Å². The van der Waals surface area contributed by atoms with Crippen molar-refractivity contribution < 1.29 is 14.2 Å². The summed E-state index contributed by atoms with van der Waals surface area (Å²) < 4.78 is 15.5. The molecule has 0 spiro atoms. The second kappa shape index (κ2) is 4.95. The Morgan fingerprint density at radius 1 is 1.35 bits per heavy atom. The molecule has 0 aliphatic carbocycles. The average molecular weight is 236 g/mol. The Labute approximate surface area is 100 Å². The van der Waals surface area contributed by atoms with E-state index in [4.69, 9.17) is 19.9 Å².